The second-order valence-corrected chi connectivity index (χ2v) is 2.79. The quantitative estimate of drug-likeness (QED) is 0.523. The third-order valence-corrected chi connectivity index (χ3v) is 1.97. The Morgan fingerprint density at radius 2 is 2.12 bits per heavy atom. The van der Waals surface area contributed by atoms with Crippen molar-refractivity contribution in [1.82, 2.24) is 0 Å². The molecular weight excluding hydrogens is 100 g/mol. The monoisotopic (exact) mass is 113 g/mol. The summed E-state index contributed by atoms with van der Waals surface area (Å²) in [5.41, 5.74) is -0.477. The molecule has 1 radical (unpaired) electrons. The maximum absolute atomic E-state index is 11.2. The standard InChI is InChI=1S/C7H13O/c1-2-4-7(8)5-3-6-7/h2-6H2,1H3. The molecule has 0 aromatic rings. The molecule has 0 spiro atoms. The van der Waals surface area contributed by atoms with Gasteiger partial charge in [-0.15, -0.1) is 0 Å². The molecule has 0 unspecified atom stereocenters. The number of rotatable bonds is 2. The lowest BCUT2D eigenvalue weighted by Gasteiger charge is -2.33. The summed E-state index contributed by atoms with van der Waals surface area (Å²) in [5.74, 6) is 0. The van der Waals surface area contributed by atoms with Crippen LogP contribution in [-0.4, -0.2) is 5.60 Å². The van der Waals surface area contributed by atoms with Gasteiger partial charge in [-0.25, -0.2) is 5.11 Å². The van der Waals surface area contributed by atoms with Gasteiger partial charge in [0.1, 0.15) is 5.60 Å². The van der Waals surface area contributed by atoms with Gasteiger partial charge in [0, 0.05) is 0 Å². The van der Waals surface area contributed by atoms with Crippen molar-refractivity contribution in [2.45, 2.75) is 44.6 Å². The minimum Gasteiger partial charge on any atom is -0.229 e. The topological polar surface area (TPSA) is 19.9 Å². The second-order valence-electron chi connectivity index (χ2n) is 2.79. The first kappa shape index (κ1) is 6.09. The fourth-order valence-electron chi connectivity index (χ4n) is 1.28. The molecule has 0 aromatic carbocycles. The highest BCUT2D eigenvalue weighted by Crippen LogP contribution is 2.35. The molecule has 0 aromatic heterocycles. The minimum absolute atomic E-state index is 0.477. The van der Waals surface area contributed by atoms with Gasteiger partial charge in [-0.05, 0) is 25.7 Å². The van der Waals surface area contributed by atoms with Crippen LogP contribution in [0.1, 0.15) is 39.0 Å². The Bertz CT molecular complexity index is 74.5. The SMILES string of the molecule is CCCC1([O])CCC1. The first-order valence-electron chi connectivity index (χ1n) is 3.47. The van der Waals surface area contributed by atoms with Crippen LogP contribution in [0.15, 0.2) is 0 Å². The molecule has 1 fully saturated rings. The Morgan fingerprint density at radius 3 is 2.25 bits per heavy atom. The first-order chi connectivity index (χ1) is 3.77. The van der Waals surface area contributed by atoms with Gasteiger partial charge in [0.05, 0.1) is 0 Å². The molecule has 0 saturated heterocycles. The van der Waals surface area contributed by atoms with Crippen LogP contribution in [0.2, 0.25) is 0 Å². The van der Waals surface area contributed by atoms with Crippen molar-refractivity contribution in [2.75, 3.05) is 0 Å². The summed E-state index contributed by atoms with van der Waals surface area (Å²) in [6, 6.07) is 0. The number of hydrogen-bond acceptors (Lipinski definition) is 0. The normalized spacial score (nSPS) is 24.8. The molecular formula is C7H13O. The highest BCUT2D eigenvalue weighted by atomic mass is 16.3. The summed E-state index contributed by atoms with van der Waals surface area (Å²) in [4.78, 5) is 0. The zero-order chi connectivity index (χ0) is 6.04. The van der Waals surface area contributed by atoms with Gasteiger partial charge < -0.3 is 0 Å². The molecule has 1 rings (SSSR count). The van der Waals surface area contributed by atoms with Gasteiger partial charge >= 0.3 is 0 Å². The zero-order valence-corrected chi connectivity index (χ0v) is 5.44. The van der Waals surface area contributed by atoms with Crippen LogP contribution >= 0.6 is 0 Å². The van der Waals surface area contributed by atoms with E-state index < -0.39 is 5.60 Å². The van der Waals surface area contributed by atoms with Crippen LogP contribution in [0.3, 0.4) is 0 Å². The lowest BCUT2D eigenvalue weighted by atomic mass is 9.77. The van der Waals surface area contributed by atoms with Crippen molar-refractivity contribution in [3.8, 4) is 0 Å². The smallest absolute Gasteiger partial charge is 0.104 e. The van der Waals surface area contributed by atoms with Gasteiger partial charge in [0.2, 0.25) is 0 Å². The molecule has 47 valence electrons. The van der Waals surface area contributed by atoms with E-state index in [9.17, 15) is 5.11 Å². The Hall–Kier alpha value is -0.0400. The van der Waals surface area contributed by atoms with E-state index in [0.717, 1.165) is 25.7 Å². The minimum atomic E-state index is -0.477. The van der Waals surface area contributed by atoms with E-state index in [1.165, 1.54) is 6.42 Å². The second kappa shape index (κ2) is 2.06. The highest BCUT2D eigenvalue weighted by molar-refractivity contribution is 4.86. The van der Waals surface area contributed by atoms with E-state index in [-0.39, 0.29) is 0 Å². The predicted octanol–water partition coefficient (Wildman–Crippen LogP) is 2.14. The van der Waals surface area contributed by atoms with Crippen molar-refractivity contribution < 1.29 is 5.11 Å². The fraction of sp³-hybridized carbons (Fsp3) is 1.00. The molecule has 0 amide bonds. The van der Waals surface area contributed by atoms with Gasteiger partial charge in [-0.1, -0.05) is 13.3 Å². The maximum Gasteiger partial charge on any atom is 0.104 e. The van der Waals surface area contributed by atoms with Crippen LogP contribution in [0.4, 0.5) is 0 Å². The van der Waals surface area contributed by atoms with Crippen LogP contribution in [-0.2, 0) is 5.11 Å². The largest absolute Gasteiger partial charge is 0.229 e. The van der Waals surface area contributed by atoms with E-state index >= 15 is 0 Å². The van der Waals surface area contributed by atoms with Crippen LogP contribution in [0.5, 0.6) is 0 Å². The molecule has 1 aliphatic rings. The zero-order valence-electron chi connectivity index (χ0n) is 5.44. The molecule has 1 saturated carbocycles. The Morgan fingerprint density at radius 1 is 1.50 bits per heavy atom. The maximum atomic E-state index is 11.2. The van der Waals surface area contributed by atoms with Gasteiger partial charge in [-0.2, -0.15) is 0 Å². The summed E-state index contributed by atoms with van der Waals surface area (Å²) < 4.78 is 0. The van der Waals surface area contributed by atoms with Crippen molar-refractivity contribution >= 4 is 0 Å². The van der Waals surface area contributed by atoms with E-state index in [1.54, 1.807) is 0 Å². The van der Waals surface area contributed by atoms with E-state index in [2.05, 4.69) is 6.92 Å². The van der Waals surface area contributed by atoms with Crippen molar-refractivity contribution in [3.05, 3.63) is 0 Å². The molecule has 1 nitrogen and oxygen atoms in total. The van der Waals surface area contributed by atoms with E-state index in [4.69, 9.17) is 0 Å². The molecule has 0 heterocycles. The third-order valence-electron chi connectivity index (χ3n) is 1.97. The van der Waals surface area contributed by atoms with Crippen molar-refractivity contribution in [1.29, 1.82) is 0 Å². The molecule has 0 N–H and O–H groups in total. The Labute approximate surface area is 50.7 Å². The fourth-order valence-corrected chi connectivity index (χ4v) is 1.28. The third kappa shape index (κ3) is 1.03. The summed E-state index contributed by atoms with van der Waals surface area (Å²) in [7, 11) is 0. The predicted molar refractivity (Wildman–Crippen MR) is 32.2 cm³/mol. The molecule has 1 aliphatic carbocycles. The molecule has 0 atom stereocenters. The molecule has 0 aliphatic heterocycles. The number of hydrogen-bond donors (Lipinski definition) is 0. The summed E-state index contributed by atoms with van der Waals surface area (Å²) in [6.45, 7) is 2.08. The summed E-state index contributed by atoms with van der Waals surface area (Å²) in [5, 5.41) is 11.2. The summed E-state index contributed by atoms with van der Waals surface area (Å²) in [6.07, 6.45) is 4.99. The molecule has 8 heavy (non-hydrogen) atoms. The van der Waals surface area contributed by atoms with E-state index in [0.29, 0.717) is 0 Å². The van der Waals surface area contributed by atoms with E-state index in [1.807, 2.05) is 0 Å². The van der Waals surface area contributed by atoms with Gasteiger partial charge in [-0.3, -0.25) is 0 Å². The Kier molecular flexibility index (Phi) is 1.57. The first-order valence-corrected chi connectivity index (χ1v) is 3.47. The van der Waals surface area contributed by atoms with Crippen LogP contribution in [0.25, 0.3) is 0 Å². The molecule has 0 bridgehead atoms. The highest BCUT2D eigenvalue weighted by Gasteiger charge is 2.35. The molecule has 1 heteroatoms. The van der Waals surface area contributed by atoms with Gasteiger partial charge in [0.25, 0.3) is 0 Å². The Balaban J connectivity index is 2.20. The van der Waals surface area contributed by atoms with Crippen LogP contribution < -0.4 is 0 Å². The average Bonchev–Trinajstić information content (AvgIpc) is 1.64. The average molecular weight is 113 g/mol. The lowest BCUT2D eigenvalue weighted by Crippen LogP contribution is -2.34. The van der Waals surface area contributed by atoms with Crippen molar-refractivity contribution in [3.63, 3.8) is 0 Å². The van der Waals surface area contributed by atoms with Crippen molar-refractivity contribution in [2.24, 2.45) is 0 Å². The van der Waals surface area contributed by atoms with Crippen LogP contribution in [0, 0.1) is 0 Å². The lowest BCUT2D eigenvalue weighted by molar-refractivity contribution is -0.0974. The summed E-state index contributed by atoms with van der Waals surface area (Å²) >= 11 is 0. The van der Waals surface area contributed by atoms with Gasteiger partial charge in [0.15, 0.2) is 0 Å².